The molecule has 1 N–H and O–H groups in total. The summed E-state index contributed by atoms with van der Waals surface area (Å²) < 4.78 is 5.85. The molecule has 2 rings (SSSR count). The molecule has 1 aromatic carbocycles. The zero-order valence-electron chi connectivity index (χ0n) is 13.6. The van der Waals surface area contributed by atoms with Crippen LogP contribution in [-0.4, -0.2) is 62.2 Å². The van der Waals surface area contributed by atoms with Crippen LogP contribution in [0.3, 0.4) is 0 Å². The van der Waals surface area contributed by atoms with Gasteiger partial charge in [0.25, 0.3) is 0 Å². The van der Waals surface area contributed by atoms with Crippen LogP contribution in [0.15, 0.2) is 24.3 Å². The lowest BCUT2D eigenvalue weighted by atomic mass is 10.2. The molecule has 118 valence electrons. The molecule has 1 saturated heterocycles. The zero-order chi connectivity index (χ0) is 15.1. The Labute approximate surface area is 129 Å². The van der Waals surface area contributed by atoms with E-state index in [0.717, 1.165) is 45.1 Å². The molecule has 1 aliphatic rings. The summed E-state index contributed by atoms with van der Waals surface area (Å²) in [6, 6.07) is 9.01. The fraction of sp³-hybridized carbons (Fsp3) is 0.647. The van der Waals surface area contributed by atoms with Gasteiger partial charge in [-0.1, -0.05) is 19.1 Å². The second-order valence-electron chi connectivity index (χ2n) is 5.80. The maximum absolute atomic E-state index is 5.85. The van der Waals surface area contributed by atoms with Gasteiger partial charge in [0, 0.05) is 38.8 Å². The standard InChI is InChI=1S/C17H29N3O/c1-4-20-10-9-19(14-15(20)2)11-12-21-17-7-5-16(6-8-17)13-18-3/h5-8,15,18H,4,9-14H2,1-3H3. The lowest BCUT2D eigenvalue weighted by molar-refractivity contribution is 0.0781. The lowest BCUT2D eigenvalue weighted by Gasteiger charge is -2.39. The molecule has 0 spiro atoms. The van der Waals surface area contributed by atoms with Crippen molar-refractivity contribution in [1.82, 2.24) is 15.1 Å². The van der Waals surface area contributed by atoms with E-state index in [-0.39, 0.29) is 0 Å². The van der Waals surface area contributed by atoms with Crippen LogP contribution in [0.4, 0.5) is 0 Å². The first-order valence-corrected chi connectivity index (χ1v) is 8.05. The molecular weight excluding hydrogens is 262 g/mol. The number of piperazine rings is 1. The summed E-state index contributed by atoms with van der Waals surface area (Å²) in [4.78, 5) is 5.05. The maximum Gasteiger partial charge on any atom is 0.119 e. The predicted octanol–water partition coefficient (Wildman–Crippen LogP) is 1.81. The van der Waals surface area contributed by atoms with Crippen molar-refractivity contribution in [3.63, 3.8) is 0 Å². The molecule has 0 aromatic heterocycles. The highest BCUT2D eigenvalue weighted by Crippen LogP contribution is 2.13. The minimum Gasteiger partial charge on any atom is -0.492 e. The van der Waals surface area contributed by atoms with Gasteiger partial charge in [-0.15, -0.1) is 0 Å². The Morgan fingerprint density at radius 2 is 2.00 bits per heavy atom. The molecule has 0 radical (unpaired) electrons. The van der Waals surface area contributed by atoms with E-state index in [1.165, 1.54) is 12.1 Å². The number of rotatable bonds is 7. The van der Waals surface area contributed by atoms with E-state index in [1.807, 2.05) is 7.05 Å². The van der Waals surface area contributed by atoms with Crippen molar-refractivity contribution in [2.24, 2.45) is 0 Å². The Morgan fingerprint density at radius 1 is 1.24 bits per heavy atom. The summed E-state index contributed by atoms with van der Waals surface area (Å²) in [6.07, 6.45) is 0. The number of benzene rings is 1. The molecule has 0 amide bonds. The number of ether oxygens (including phenoxy) is 1. The fourth-order valence-corrected chi connectivity index (χ4v) is 2.94. The minimum absolute atomic E-state index is 0.657. The van der Waals surface area contributed by atoms with Crippen LogP contribution in [0.5, 0.6) is 5.75 Å². The van der Waals surface area contributed by atoms with Gasteiger partial charge in [0.15, 0.2) is 0 Å². The van der Waals surface area contributed by atoms with Crippen LogP contribution < -0.4 is 10.1 Å². The van der Waals surface area contributed by atoms with Gasteiger partial charge in [-0.05, 0) is 38.2 Å². The average molecular weight is 291 g/mol. The van der Waals surface area contributed by atoms with Crippen LogP contribution in [0, 0.1) is 0 Å². The Morgan fingerprint density at radius 3 is 2.62 bits per heavy atom. The molecule has 0 aliphatic carbocycles. The van der Waals surface area contributed by atoms with Crippen LogP contribution in [-0.2, 0) is 6.54 Å². The van der Waals surface area contributed by atoms with E-state index in [4.69, 9.17) is 4.74 Å². The Balaban J connectivity index is 1.69. The normalized spacial score (nSPS) is 20.6. The summed E-state index contributed by atoms with van der Waals surface area (Å²) in [7, 11) is 1.96. The maximum atomic E-state index is 5.85. The lowest BCUT2D eigenvalue weighted by Crippen LogP contribution is -2.52. The Bertz CT molecular complexity index is 407. The van der Waals surface area contributed by atoms with Gasteiger partial charge in [-0.25, -0.2) is 0 Å². The van der Waals surface area contributed by atoms with Gasteiger partial charge in [0.05, 0.1) is 0 Å². The Hall–Kier alpha value is -1.10. The molecule has 21 heavy (non-hydrogen) atoms. The third-order valence-corrected chi connectivity index (χ3v) is 4.24. The van der Waals surface area contributed by atoms with Gasteiger partial charge in [-0.3, -0.25) is 9.80 Å². The van der Waals surface area contributed by atoms with Crippen molar-refractivity contribution < 1.29 is 4.74 Å². The van der Waals surface area contributed by atoms with Crippen LogP contribution in [0.1, 0.15) is 19.4 Å². The van der Waals surface area contributed by atoms with Gasteiger partial charge in [0.1, 0.15) is 12.4 Å². The first kappa shape index (κ1) is 16.3. The number of nitrogens with one attached hydrogen (secondary N) is 1. The van der Waals surface area contributed by atoms with Gasteiger partial charge in [0.2, 0.25) is 0 Å². The third-order valence-electron chi connectivity index (χ3n) is 4.24. The third kappa shape index (κ3) is 4.99. The molecule has 1 fully saturated rings. The molecule has 1 heterocycles. The van der Waals surface area contributed by atoms with E-state index in [0.29, 0.717) is 6.04 Å². The van der Waals surface area contributed by atoms with Crippen molar-refractivity contribution in [3.05, 3.63) is 29.8 Å². The molecule has 4 nitrogen and oxygen atoms in total. The second kappa shape index (κ2) is 8.37. The predicted molar refractivity (Wildman–Crippen MR) is 87.8 cm³/mol. The number of likely N-dealkylation sites (N-methyl/N-ethyl adjacent to an activating group) is 1. The first-order valence-electron chi connectivity index (χ1n) is 8.05. The number of hydrogen-bond donors (Lipinski definition) is 1. The molecule has 1 aliphatic heterocycles. The molecule has 0 bridgehead atoms. The molecule has 1 aromatic rings. The minimum atomic E-state index is 0.657. The largest absolute Gasteiger partial charge is 0.492 e. The highest BCUT2D eigenvalue weighted by atomic mass is 16.5. The van der Waals surface area contributed by atoms with Crippen molar-refractivity contribution in [3.8, 4) is 5.75 Å². The average Bonchev–Trinajstić information content (AvgIpc) is 2.49. The summed E-state index contributed by atoms with van der Waals surface area (Å²) in [5.41, 5.74) is 1.29. The topological polar surface area (TPSA) is 27.7 Å². The summed E-state index contributed by atoms with van der Waals surface area (Å²) in [6.45, 7) is 11.9. The van der Waals surface area contributed by atoms with Crippen molar-refractivity contribution in [2.75, 3.05) is 46.4 Å². The first-order chi connectivity index (χ1) is 10.2. The van der Waals surface area contributed by atoms with E-state index in [9.17, 15) is 0 Å². The molecular formula is C17H29N3O. The number of nitrogens with zero attached hydrogens (tertiary/aromatic N) is 2. The van der Waals surface area contributed by atoms with Crippen LogP contribution in [0.2, 0.25) is 0 Å². The highest BCUT2D eigenvalue weighted by molar-refractivity contribution is 5.27. The van der Waals surface area contributed by atoms with Crippen molar-refractivity contribution >= 4 is 0 Å². The quantitative estimate of drug-likeness (QED) is 0.829. The van der Waals surface area contributed by atoms with E-state index >= 15 is 0 Å². The van der Waals surface area contributed by atoms with E-state index in [2.05, 4.69) is 53.2 Å². The smallest absolute Gasteiger partial charge is 0.119 e. The Kier molecular flexibility index (Phi) is 6.49. The van der Waals surface area contributed by atoms with E-state index in [1.54, 1.807) is 0 Å². The SMILES string of the molecule is CCN1CCN(CCOc2ccc(CNC)cc2)CC1C. The van der Waals surface area contributed by atoms with Crippen molar-refractivity contribution in [1.29, 1.82) is 0 Å². The summed E-state index contributed by atoms with van der Waals surface area (Å²) in [5, 5.41) is 3.15. The molecule has 1 atom stereocenters. The summed E-state index contributed by atoms with van der Waals surface area (Å²) in [5.74, 6) is 0.968. The van der Waals surface area contributed by atoms with E-state index < -0.39 is 0 Å². The zero-order valence-corrected chi connectivity index (χ0v) is 13.6. The molecule has 1 unspecified atom stereocenters. The number of hydrogen-bond acceptors (Lipinski definition) is 4. The van der Waals surface area contributed by atoms with Crippen LogP contribution >= 0.6 is 0 Å². The fourth-order valence-electron chi connectivity index (χ4n) is 2.94. The second-order valence-corrected chi connectivity index (χ2v) is 5.80. The molecule has 0 saturated carbocycles. The molecule has 4 heteroatoms. The van der Waals surface area contributed by atoms with Gasteiger partial charge >= 0.3 is 0 Å². The monoisotopic (exact) mass is 291 g/mol. The van der Waals surface area contributed by atoms with Crippen molar-refractivity contribution in [2.45, 2.75) is 26.4 Å². The van der Waals surface area contributed by atoms with Gasteiger partial charge in [-0.2, -0.15) is 0 Å². The summed E-state index contributed by atoms with van der Waals surface area (Å²) >= 11 is 0. The van der Waals surface area contributed by atoms with Crippen LogP contribution in [0.25, 0.3) is 0 Å². The van der Waals surface area contributed by atoms with Gasteiger partial charge < -0.3 is 10.1 Å². The highest BCUT2D eigenvalue weighted by Gasteiger charge is 2.21.